The number of esters is 1. The maximum absolute atomic E-state index is 12.5. The lowest BCUT2D eigenvalue weighted by Gasteiger charge is -2.13. The van der Waals surface area contributed by atoms with Gasteiger partial charge in [-0.1, -0.05) is 48.5 Å². The Labute approximate surface area is 151 Å². The van der Waals surface area contributed by atoms with Crippen molar-refractivity contribution in [1.82, 2.24) is 0 Å². The molecule has 0 radical (unpaired) electrons. The number of rotatable bonds is 9. The van der Waals surface area contributed by atoms with Gasteiger partial charge in [0, 0.05) is 11.1 Å². The van der Waals surface area contributed by atoms with Gasteiger partial charge in [-0.3, -0.25) is 9.59 Å². The fraction of sp³-hybridized carbons (Fsp3) is 0.250. The summed E-state index contributed by atoms with van der Waals surface area (Å²) in [5.41, 5.74) is 1.75. The smallest absolute Gasteiger partial charge is 0.329 e. The van der Waals surface area contributed by atoms with Crippen molar-refractivity contribution in [2.45, 2.75) is 12.8 Å². The quantitative estimate of drug-likeness (QED) is 0.422. The molecule has 2 rings (SSSR count). The molecule has 0 heterocycles. The molecule has 0 amide bonds. The molecule has 6 heteroatoms. The van der Waals surface area contributed by atoms with Crippen LogP contribution in [0.5, 0.6) is 0 Å². The molecule has 2 aromatic rings. The normalized spacial score (nSPS) is 11.6. The van der Waals surface area contributed by atoms with E-state index in [1.807, 2.05) is 6.07 Å². The van der Waals surface area contributed by atoms with E-state index >= 15 is 0 Å². The summed E-state index contributed by atoms with van der Waals surface area (Å²) in [6.07, 6.45) is 0. The molecule has 0 aliphatic rings. The van der Waals surface area contributed by atoms with Gasteiger partial charge in [0.1, 0.15) is 13.2 Å². The summed E-state index contributed by atoms with van der Waals surface area (Å²) >= 11 is 0. The van der Waals surface area contributed by atoms with Gasteiger partial charge in [-0.25, -0.2) is 4.79 Å². The minimum atomic E-state index is -1.08. The van der Waals surface area contributed by atoms with Crippen molar-refractivity contribution >= 4 is 17.7 Å². The van der Waals surface area contributed by atoms with Gasteiger partial charge in [0.25, 0.3) is 0 Å². The van der Waals surface area contributed by atoms with Crippen LogP contribution in [0.1, 0.15) is 34.3 Å². The highest BCUT2D eigenvalue weighted by Gasteiger charge is 2.18. The van der Waals surface area contributed by atoms with Crippen LogP contribution in [0.2, 0.25) is 0 Å². The number of ether oxygens (including phenoxy) is 2. The highest BCUT2D eigenvalue weighted by atomic mass is 16.6. The van der Waals surface area contributed by atoms with Crippen molar-refractivity contribution in [2.75, 3.05) is 19.8 Å². The van der Waals surface area contributed by atoms with E-state index in [2.05, 4.69) is 0 Å². The number of carboxylic acid groups (broad SMARTS) is 1. The number of carbonyl (C=O) groups excluding carboxylic acids is 2. The summed E-state index contributed by atoms with van der Waals surface area (Å²) < 4.78 is 9.89. The molecule has 0 aliphatic heterocycles. The van der Waals surface area contributed by atoms with Crippen LogP contribution in [-0.2, 0) is 19.1 Å². The van der Waals surface area contributed by atoms with Gasteiger partial charge >= 0.3 is 11.9 Å². The second-order valence-electron chi connectivity index (χ2n) is 5.66. The number of aliphatic carboxylic acids is 1. The average Bonchev–Trinajstić information content (AvgIpc) is 2.67. The van der Waals surface area contributed by atoms with Crippen LogP contribution >= 0.6 is 0 Å². The monoisotopic (exact) mass is 356 g/mol. The van der Waals surface area contributed by atoms with E-state index < -0.39 is 24.5 Å². The first-order chi connectivity index (χ1) is 12.5. The average molecular weight is 356 g/mol. The highest BCUT2D eigenvalue weighted by Crippen LogP contribution is 2.20. The Balaban J connectivity index is 1.97. The first-order valence-corrected chi connectivity index (χ1v) is 8.15. The van der Waals surface area contributed by atoms with Gasteiger partial charge in [0.2, 0.25) is 0 Å². The van der Waals surface area contributed by atoms with Crippen LogP contribution in [0.15, 0.2) is 54.6 Å². The summed E-state index contributed by atoms with van der Waals surface area (Å²) in [7, 11) is 0. The lowest BCUT2D eigenvalue weighted by Crippen LogP contribution is -2.18. The van der Waals surface area contributed by atoms with E-state index in [0.29, 0.717) is 16.7 Å². The van der Waals surface area contributed by atoms with Gasteiger partial charge in [-0.2, -0.15) is 0 Å². The van der Waals surface area contributed by atoms with Crippen molar-refractivity contribution < 1.29 is 29.0 Å². The number of carboxylic acids is 1. The zero-order valence-electron chi connectivity index (χ0n) is 14.4. The van der Waals surface area contributed by atoms with Crippen molar-refractivity contribution in [3.8, 4) is 0 Å². The Morgan fingerprint density at radius 1 is 0.962 bits per heavy atom. The molecule has 1 N–H and O–H groups in total. The van der Waals surface area contributed by atoms with E-state index in [4.69, 9.17) is 14.6 Å². The number of hydrogen-bond acceptors (Lipinski definition) is 5. The fourth-order valence-electron chi connectivity index (χ4n) is 2.33. The molecular weight excluding hydrogens is 336 g/mol. The van der Waals surface area contributed by atoms with Gasteiger partial charge in [-0.15, -0.1) is 0 Å². The second-order valence-corrected chi connectivity index (χ2v) is 5.66. The second kappa shape index (κ2) is 9.48. The Bertz CT molecular complexity index is 769. The summed E-state index contributed by atoms with van der Waals surface area (Å²) in [5, 5.41) is 8.45. The third-order valence-electron chi connectivity index (χ3n) is 3.74. The predicted octanol–water partition coefficient (Wildman–Crippen LogP) is 2.67. The van der Waals surface area contributed by atoms with Crippen LogP contribution in [0.3, 0.4) is 0 Å². The summed E-state index contributed by atoms with van der Waals surface area (Å²) in [6, 6.07) is 15.8. The Kier molecular flexibility index (Phi) is 7.05. The molecular formula is C20H20O6. The summed E-state index contributed by atoms with van der Waals surface area (Å²) in [5.74, 6) is -2.22. The zero-order chi connectivity index (χ0) is 18.9. The maximum Gasteiger partial charge on any atom is 0.329 e. The third kappa shape index (κ3) is 5.53. The van der Waals surface area contributed by atoms with E-state index in [0.717, 1.165) is 0 Å². The lowest BCUT2D eigenvalue weighted by atomic mass is 9.96. The summed E-state index contributed by atoms with van der Waals surface area (Å²) in [4.78, 5) is 34.9. The first kappa shape index (κ1) is 19.3. The minimum absolute atomic E-state index is 0.0112. The van der Waals surface area contributed by atoms with Crippen LogP contribution in [0.4, 0.5) is 0 Å². The molecule has 0 spiro atoms. The van der Waals surface area contributed by atoms with Crippen molar-refractivity contribution in [1.29, 1.82) is 0 Å². The molecule has 0 saturated carbocycles. The zero-order valence-corrected chi connectivity index (χ0v) is 14.4. The Morgan fingerprint density at radius 3 is 2.35 bits per heavy atom. The van der Waals surface area contributed by atoms with Crippen LogP contribution < -0.4 is 0 Å². The van der Waals surface area contributed by atoms with Gasteiger partial charge in [0.05, 0.1) is 12.5 Å². The molecule has 136 valence electrons. The fourth-order valence-corrected chi connectivity index (χ4v) is 2.33. The predicted molar refractivity (Wildman–Crippen MR) is 94.1 cm³/mol. The molecule has 1 atom stereocenters. The number of ketones is 1. The van der Waals surface area contributed by atoms with E-state index in [1.54, 1.807) is 55.5 Å². The van der Waals surface area contributed by atoms with E-state index in [9.17, 15) is 14.4 Å². The summed E-state index contributed by atoms with van der Waals surface area (Å²) in [6.45, 7) is 1.24. The molecule has 0 aromatic heterocycles. The molecule has 2 aromatic carbocycles. The minimum Gasteiger partial charge on any atom is -0.480 e. The Hall–Kier alpha value is -2.99. The lowest BCUT2D eigenvalue weighted by molar-refractivity contribution is -0.148. The molecule has 1 unspecified atom stereocenters. The van der Waals surface area contributed by atoms with Gasteiger partial charge in [0.15, 0.2) is 5.78 Å². The van der Waals surface area contributed by atoms with Gasteiger partial charge < -0.3 is 14.6 Å². The van der Waals surface area contributed by atoms with Crippen molar-refractivity contribution in [3.05, 3.63) is 71.3 Å². The van der Waals surface area contributed by atoms with E-state index in [1.165, 1.54) is 0 Å². The van der Waals surface area contributed by atoms with Gasteiger partial charge in [-0.05, 0) is 18.6 Å². The number of carbonyl (C=O) groups is 3. The highest BCUT2D eigenvalue weighted by molar-refractivity contribution is 6.09. The van der Waals surface area contributed by atoms with Crippen molar-refractivity contribution in [3.63, 3.8) is 0 Å². The molecule has 0 saturated heterocycles. The first-order valence-electron chi connectivity index (χ1n) is 8.15. The SMILES string of the molecule is CC(C(=O)OCCOCC(=O)O)c1cccc(C(=O)c2ccccc2)c1. The third-order valence-corrected chi connectivity index (χ3v) is 3.74. The largest absolute Gasteiger partial charge is 0.480 e. The van der Waals surface area contributed by atoms with Crippen LogP contribution in [0.25, 0.3) is 0 Å². The topological polar surface area (TPSA) is 89.9 Å². The Morgan fingerprint density at radius 2 is 1.65 bits per heavy atom. The maximum atomic E-state index is 12.5. The van der Waals surface area contributed by atoms with Crippen LogP contribution in [-0.4, -0.2) is 42.6 Å². The number of hydrogen-bond donors (Lipinski definition) is 1. The molecule has 0 aliphatic carbocycles. The number of benzene rings is 2. The van der Waals surface area contributed by atoms with E-state index in [-0.39, 0.29) is 19.0 Å². The molecule has 0 bridgehead atoms. The van der Waals surface area contributed by atoms with Crippen LogP contribution in [0, 0.1) is 0 Å². The molecule has 26 heavy (non-hydrogen) atoms. The molecule has 6 nitrogen and oxygen atoms in total. The standard InChI is InChI=1S/C20H20O6/c1-14(20(24)26-11-10-25-13-18(21)22)16-8-5-9-17(12-16)19(23)15-6-3-2-4-7-15/h2-9,12,14H,10-11,13H2,1H3,(H,21,22). The van der Waals surface area contributed by atoms with Crippen molar-refractivity contribution in [2.24, 2.45) is 0 Å². The molecule has 0 fully saturated rings.